The highest BCUT2D eigenvalue weighted by atomic mass is 32.2. The molecule has 4 rings (SSSR count). The number of ether oxygens (including phenoxy) is 2. The van der Waals surface area contributed by atoms with Crippen LogP contribution in [0.1, 0.15) is 6.92 Å². The zero-order chi connectivity index (χ0) is 19.0. The van der Waals surface area contributed by atoms with Crippen LogP contribution in [0.5, 0.6) is 11.5 Å². The number of anilines is 1. The van der Waals surface area contributed by atoms with Gasteiger partial charge in [0.15, 0.2) is 16.7 Å². The molecule has 1 N–H and O–H groups in total. The van der Waals surface area contributed by atoms with E-state index in [0.29, 0.717) is 45.8 Å². The fourth-order valence-electron chi connectivity index (χ4n) is 2.66. The molecule has 0 radical (unpaired) electrons. The molecule has 1 atom stereocenters. The van der Waals surface area contributed by atoms with Crippen LogP contribution in [0.15, 0.2) is 39.6 Å². The molecule has 0 saturated carbocycles. The molecule has 3 aromatic rings. The lowest BCUT2D eigenvalue weighted by molar-refractivity contribution is -0.115. The molecule has 0 bridgehead atoms. The molecular formula is C18H17N3O4S2. The number of aromatic nitrogens is 2. The average Bonchev–Trinajstić information content (AvgIpc) is 3.14. The smallest absolute Gasteiger partial charge is 0.262 e. The van der Waals surface area contributed by atoms with Gasteiger partial charge in [0.05, 0.1) is 10.6 Å². The first-order chi connectivity index (χ1) is 13.0. The van der Waals surface area contributed by atoms with E-state index in [4.69, 9.17) is 9.47 Å². The molecule has 140 valence electrons. The Kier molecular flexibility index (Phi) is 4.79. The van der Waals surface area contributed by atoms with E-state index in [1.165, 1.54) is 27.7 Å². The maximum absolute atomic E-state index is 12.6. The highest BCUT2D eigenvalue weighted by Crippen LogP contribution is 2.33. The topological polar surface area (TPSA) is 82.5 Å². The molecule has 0 spiro atoms. The summed E-state index contributed by atoms with van der Waals surface area (Å²) in [6.07, 6.45) is 0. The standard InChI is InChI=1S/C18H17N3O4S2/c1-10(27-18-20-16-12(5-8-26-16)17(23)21(18)2)15(22)19-11-3-4-13-14(9-11)25-7-6-24-13/h3-5,8-10H,6-7H2,1-2H3,(H,19,22). The summed E-state index contributed by atoms with van der Waals surface area (Å²) in [4.78, 5) is 30.1. The summed E-state index contributed by atoms with van der Waals surface area (Å²) in [7, 11) is 1.67. The van der Waals surface area contributed by atoms with Gasteiger partial charge in [-0.05, 0) is 30.5 Å². The van der Waals surface area contributed by atoms with Crippen molar-refractivity contribution in [3.05, 3.63) is 40.0 Å². The number of benzene rings is 1. The van der Waals surface area contributed by atoms with E-state index in [2.05, 4.69) is 10.3 Å². The lowest BCUT2D eigenvalue weighted by Gasteiger charge is -2.19. The van der Waals surface area contributed by atoms with Crippen LogP contribution in [0.2, 0.25) is 0 Å². The summed E-state index contributed by atoms with van der Waals surface area (Å²) in [6, 6.07) is 7.06. The van der Waals surface area contributed by atoms with E-state index in [-0.39, 0.29) is 11.5 Å². The van der Waals surface area contributed by atoms with Gasteiger partial charge in [-0.25, -0.2) is 4.98 Å². The fourth-order valence-corrected chi connectivity index (χ4v) is 4.34. The highest BCUT2D eigenvalue weighted by molar-refractivity contribution is 8.00. The average molecular weight is 403 g/mol. The molecule has 9 heteroatoms. The number of nitrogens with one attached hydrogen (secondary N) is 1. The van der Waals surface area contributed by atoms with Gasteiger partial charge in [0.2, 0.25) is 5.91 Å². The Bertz CT molecular complexity index is 1080. The van der Waals surface area contributed by atoms with Gasteiger partial charge in [-0.15, -0.1) is 11.3 Å². The largest absolute Gasteiger partial charge is 0.486 e. The van der Waals surface area contributed by atoms with Crippen LogP contribution in [0.4, 0.5) is 5.69 Å². The van der Waals surface area contributed by atoms with Crippen LogP contribution in [0.25, 0.3) is 10.2 Å². The van der Waals surface area contributed by atoms with Crippen LogP contribution in [0, 0.1) is 0 Å². The number of fused-ring (bicyclic) bond motifs is 2. The molecular weight excluding hydrogens is 386 g/mol. The Morgan fingerprint density at radius 3 is 2.89 bits per heavy atom. The Balaban J connectivity index is 1.50. The molecule has 0 fully saturated rings. The first kappa shape index (κ1) is 17.9. The zero-order valence-electron chi connectivity index (χ0n) is 14.7. The van der Waals surface area contributed by atoms with Crippen molar-refractivity contribution < 1.29 is 14.3 Å². The minimum absolute atomic E-state index is 0.108. The van der Waals surface area contributed by atoms with Crippen molar-refractivity contribution in [1.82, 2.24) is 9.55 Å². The number of thioether (sulfide) groups is 1. The van der Waals surface area contributed by atoms with Crippen molar-refractivity contribution in [3.8, 4) is 11.5 Å². The number of hydrogen-bond donors (Lipinski definition) is 1. The number of carbonyl (C=O) groups excluding carboxylic acids is 1. The summed E-state index contributed by atoms with van der Waals surface area (Å²) < 4.78 is 12.5. The van der Waals surface area contributed by atoms with E-state index in [9.17, 15) is 9.59 Å². The summed E-state index contributed by atoms with van der Waals surface area (Å²) in [5.74, 6) is 1.11. The molecule has 2 aromatic heterocycles. The lowest BCUT2D eigenvalue weighted by atomic mass is 10.2. The third kappa shape index (κ3) is 3.52. The number of thiophene rings is 1. The second kappa shape index (κ2) is 7.24. The van der Waals surface area contributed by atoms with Crippen LogP contribution < -0.4 is 20.3 Å². The molecule has 7 nitrogen and oxygen atoms in total. The third-order valence-electron chi connectivity index (χ3n) is 4.13. The van der Waals surface area contributed by atoms with Gasteiger partial charge >= 0.3 is 0 Å². The summed E-state index contributed by atoms with van der Waals surface area (Å²) in [5.41, 5.74) is 0.524. The first-order valence-electron chi connectivity index (χ1n) is 8.34. The van der Waals surface area contributed by atoms with Crippen LogP contribution in [-0.2, 0) is 11.8 Å². The molecule has 0 saturated heterocycles. The number of rotatable bonds is 4. The minimum Gasteiger partial charge on any atom is -0.486 e. The number of hydrogen-bond acceptors (Lipinski definition) is 7. The monoisotopic (exact) mass is 403 g/mol. The van der Waals surface area contributed by atoms with E-state index in [0.717, 1.165) is 0 Å². The Morgan fingerprint density at radius 1 is 1.30 bits per heavy atom. The van der Waals surface area contributed by atoms with E-state index in [1.807, 2.05) is 5.38 Å². The summed E-state index contributed by atoms with van der Waals surface area (Å²) in [6.45, 7) is 2.79. The zero-order valence-corrected chi connectivity index (χ0v) is 16.4. The van der Waals surface area contributed by atoms with Crippen molar-refractivity contribution >= 4 is 44.9 Å². The van der Waals surface area contributed by atoms with Crippen molar-refractivity contribution in [2.75, 3.05) is 18.5 Å². The molecule has 1 aliphatic heterocycles. The van der Waals surface area contributed by atoms with Gasteiger partial charge in [0.1, 0.15) is 18.0 Å². The van der Waals surface area contributed by atoms with Crippen molar-refractivity contribution in [1.29, 1.82) is 0 Å². The number of nitrogens with zero attached hydrogens (tertiary/aromatic N) is 2. The SMILES string of the molecule is CC(Sc1nc2sccc2c(=O)n1C)C(=O)Nc1ccc2c(c1)OCCO2. The molecule has 3 heterocycles. The second-order valence-electron chi connectivity index (χ2n) is 6.01. The third-order valence-corrected chi connectivity index (χ3v) is 6.08. The molecule has 0 aliphatic carbocycles. The molecule has 1 unspecified atom stereocenters. The summed E-state index contributed by atoms with van der Waals surface area (Å²) >= 11 is 2.66. The van der Waals surface area contributed by atoms with E-state index < -0.39 is 5.25 Å². The molecule has 1 aliphatic rings. The molecule has 1 aromatic carbocycles. The van der Waals surface area contributed by atoms with Crippen molar-refractivity contribution in [3.63, 3.8) is 0 Å². The van der Waals surface area contributed by atoms with Gasteiger partial charge in [0.25, 0.3) is 5.56 Å². The molecule has 1 amide bonds. The highest BCUT2D eigenvalue weighted by Gasteiger charge is 2.20. The first-order valence-corrected chi connectivity index (χ1v) is 10.1. The maximum Gasteiger partial charge on any atom is 0.262 e. The minimum atomic E-state index is -0.436. The van der Waals surface area contributed by atoms with Gasteiger partial charge < -0.3 is 14.8 Å². The fraction of sp³-hybridized carbons (Fsp3) is 0.278. The van der Waals surface area contributed by atoms with Crippen LogP contribution in [-0.4, -0.2) is 33.9 Å². The van der Waals surface area contributed by atoms with Crippen LogP contribution in [0.3, 0.4) is 0 Å². The second-order valence-corrected chi connectivity index (χ2v) is 8.21. The predicted molar refractivity (Wildman–Crippen MR) is 106 cm³/mol. The van der Waals surface area contributed by atoms with Crippen molar-refractivity contribution in [2.45, 2.75) is 17.3 Å². The number of amides is 1. The van der Waals surface area contributed by atoms with Gasteiger partial charge in [0, 0.05) is 18.8 Å². The predicted octanol–water partition coefficient (Wildman–Crippen LogP) is 2.89. The van der Waals surface area contributed by atoms with Crippen molar-refractivity contribution in [2.24, 2.45) is 7.05 Å². The summed E-state index contributed by atoms with van der Waals surface area (Å²) in [5, 5.41) is 5.38. The maximum atomic E-state index is 12.6. The van der Waals surface area contributed by atoms with Gasteiger partial charge in [-0.1, -0.05) is 11.8 Å². The Labute approximate surface area is 163 Å². The lowest BCUT2D eigenvalue weighted by Crippen LogP contribution is -2.25. The quantitative estimate of drug-likeness (QED) is 0.533. The number of carbonyl (C=O) groups is 1. The van der Waals surface area contributed by atoms with Crippen LogP contribution >= 0.6 is 23.1 Å². The van der Waals surface area contributed by atoms with E-state index in [1.54, 1.807) is 38.2 Å². The Hall–Kier alpha value is -2.52. The van der Waals surface area contributed by atoms with E-state index >= 15 is 0 Å². The van der Waals surface area contributed by atoms with Gasteiger partial charge in [-0.3, -0.25) is 14.2 Å². The molecule has 27 heavy (non-hydrogen) atoms. The van der Waals surface area contributed by atoms with Gasteiger partial charge in [-0.2, -0.15) is 0 Å². The normalized spacial score (nSPS) is 14.1. The Morgan fingerprint density at radius 2 is 2.07 bits per heavy atom.